The second kappa shape index (κ2) is 5.83. The minimum Gasteiger partial charge on any atom is -0.480 e. The van der Waals surface area contributed by atoms with Gasteiger partial charge in [0.2, 0.25) is 5.91 Å². The lowest BCUT2D eigenvalue weighted by molar-refractivity contribution is -0.149. The van der Waals surface area contributed by atoms with E-state index in [9.17, 15) is 19.5 Å². The van der Waals surface area contributed by atoms with Crippen molar-refractivity contribution in [2.24, 2.45) is 11.0 Å². The average Bonchev–Trinajstić information content (AvgIpc) is 2.41. The molecule has 0 radical (unpaired) electrons. The second-order valence-corrected chi connectivity index (χ2v) is 6.01. The van der Waals surface area contributed by atoms with E-state index in [1.807, 2.05) is 6.92 Å². The average molecular weight is 295 g/mol. The fourth-order valence-electron chi connectivity index (χ4n) is 3.03. The van der Waals surface area contributed by atoms with E-state index in [0.29, 0.717) is 12.8 Å². The van der Waals surface area contributed by atoms with E-state index in [1.54, 1.807) is 0 Å². The van der Waals surface area contributed by atoms with Gasteiger partial charge >= 0.3 is 5.97 Å². The highest BCUT2D eigenvalue weighted by Gasteiger charge is 2.44. The number of hydrazone groups is 1. The molecule has 7 heteroatoms. The van der Waals surface area contributed by atoms with Gasteiger partial charge in [0.05, 0.1) is 0 Å². The molecule has 2 atom stereocenters. The van der Waals surface area contributed by atoms with Crippen LogP contribution < -0.4 is 5.32 Å². The number of carboxylic acids is 1. The molecule has 1 aliphatic carbocycles. The molecule has 2 N–H and O–H groups in total. The number of carbonyl (C=O) groups excluding carboxylic acids is 2. The molecule has 0 aromatic carbocycles. The number of nitrogens with one attached hydrogen (secondary N) is 1. The monoisotopic (exact) mass is 295 g/mol. The molecule has 0 spiro atoms. The number of hydrogen-bond acceptors (Lipinski definition) is 4. The molecular weight excluding hydrogens is 274 g/mol. The van der Waals surface area contributed by atoms with Crippen LogP contribution in [0.25, 0.3) is 0 Å². The summed E-state index contributed by atoms with van der Waals surface area (Å²) in [6.07, 6.45) is 3.08. The smallest absolute Gasteiger partial charge is 0.329 e. The lowest BCUT2D eigenvalue weighted by Gasteiger charge is -2.37. The van der Waals surface area contributed by atoms with Gasteiger partial charge in [-0.3, -0.25) is 9.59 Å². The maximum atomic E-state index is 12.3. The lowest BCUT2D eigenvalue weighted by Crippen LogP contribution is -2.58. The molecule has 2 aliphatic rings. The molecule has 2 unspecified atom stereocenters. The van der Waals surface area contributed by atoms with Gasteiger partial charge in [-0.15, -0.1) is 0 Å². The maximum absolute atomic E-state index is 12.3. The largest absolute Gasteiger partial charge is 0.480 e. The molecule has 21 heavy (non-hydrogen) atoms. The van der Waals surface area contributed by atoms with Crippen LogP contribution in [0.4, 0.5) is 0 Å². The summed E-state index contributed by atoms with van der Waals surface area (Å²) in [7, 11) is 1.49. The number of hydrogen-bond donors (Lipinski definition) is 2. The van der Waals surface area contributed by atoms with Crippen LogP contribution in [0.3, 0.4) is 0 Å². The van der Waals surface area contributed by atoms with Gasteiger partial charge in [-0.05, 0) is 18.8 Å². The van der Waals surface area contributed by atoms with Crippen LogP contribution in [0, 0.1) is 5.92 Å². The molecule has 2 amide bonds. The lowest BCUT2D eigenvalue weighted by atomic mass is 9.76. The molecule has 116 valence electrons. The van der Waals surface area contributed by atoms with Crippen molar-refractivity contribution >= 4 is 23.5 Å². The maximum Gasteiger partial charge on any atom is 0.329 e. The van der Waals surface area contributed by atoms with E-state index in [2.05, 4.69) is 10.4 Å². The van der Waals surface area contributed by atoms with Crippen molar-refractivity contribution in [3.05, 3.63) is 0 Å². The Labute approximate surface area is 123 Å². The molecule has 0 aromatic rings. The molecule has 0 aromatic heterocycles. The van der Waals surface area contributed by atoms with Crippen molar-refractivity contribution in [2.45, 2.75) is 51.0 Å². The normalized spacial score (nSPS) is 29.8. The summed E-state index contributed by atoms with van der Waals surface area (Å²) >= 11 is 0. The first-order valence-corrected chi connectivity index (χ1v) is 7.24. The number of carbonyl (C=O) groups is 3. The third-order valence-electron chi connectivity index (χ3n) is 4.23. The Kier molecular flexibility index (Phi) is 4.29. The summed E-state index contributed by atoms with van der Waals surface area (Å²) in [4.78, 5) is 35.3. The van der Waals surface area contributed by atoms with E-state index >= 15 is 0 Å². The summed E-state index contributed by atoms with van der Waals surface area (Å²) in [5.41, 5.74) is -0.993. The highest BCUT2D eigenvalue weighted by Crippen LogP contribution is 2.32. The van der Waals surface area contributed by atoms with Gasteiger partial charge in [0, 0.05) is 19.9 Å². The fourth-order valence-corrected chi connectivity index (χ4v) is 3.03. The van der Waals surface area contributed by atoms with Crippen molar-refractivity contribution in [3.63, 3.8) is 0 Å². The molecule has 1 saturated carbocycles. The SMILES string of the molecule is CC1CCCC(NC(=O)C2=NN(C)C(=O)CC2)(C(=O)O)C1. The van der Waals surface area contributed by atoms with E-state index < -0.39 is 17.4 Å². The van der Waals surface area contributed by atoms with Crippen LogP contribution in [0.2, 0.25) is 0 Å². The second-order valence-electron chi connectivity index (χ2n) is 6.01. The molecule has 1 fully saturated rings. The molecule has 0 saturated heterocycles. The van der Waals surface area contributed by atoms with Crippen molar-refractivity contribution in [1.82, 2.24) is 10.3 Å². The molecule has 1 heterocycles. The zero-order chi connectivity index (χ0) is 15.6. The van der Waals surface area contributed by atoms with Gasteiger partial charge in [-0.1, -0.05) is 19.8 Å². The highest BCUT2D eigenvalue weighted by molar-refractivity contribution is 6.40. The zero-order valence-corrected chi connectivity index (χ0v) is 12.4. The number of rotatable bonds is 3. The quantitative estimate of drug-likeness (QED) is 0.802. The Morgan fingerprint density at radius 2 is 2.14 bits per heavy atom. The topological polar surface area (TPSA) is 99.1 Å². The summed E-state index contributed by atoms with van der Waals surface area (Å²) in [6, 6.07) is 0. The van der Waals surface area contributed by atoms with Crippen molar-refractivity contribution in [1.29, 1.82) is 0 Å². The van der Waals surface area contributed by atoms with Crippen molar-refractivity contribution in [2.75, 3.05) is 7.05 Å². The number of carboxylic acid groups (broad SMARTS) is 1. The first-order chi connectivity index (χ1) is 9.84. The van der Waals surface area contributed by atoms with Crippen LogP contribution in [0.5, 0.6) is 0 Å². The van der Waals surface area contributed by atoms with Crippen LogP contribution >= 0.6 is 0 Å². The Morgan fingerprint density at radius 3 is 2.71 bits per heavy atom. The van der Waals surface area contributed by atoms with Gasteiger partial charge in [0.15, 0.2) is 0 Å². The first-order valence-electron chi connectivity index (χ1n) is 7.24. The summed E-state index contributed by atoms with van der Waals surface area (Å²) in [5.74, 6) is -1.37. The first kappa shape index (κ1) is 15.5. The van der Waals surface area contributed by atoms with Crippen molar-refractivity contribution < 1.29 is 19.5 Å². The Hall–Kier alpha value is -1.92. The Morgan fingerprint density at radius 1 is 1.43 bits per heavy atom. The van der Waals surface area contributed by atoms with E-state index in [-0.39, 0.29) is 30.4 Å². The zero-order valence-electron chi connectivity index (χ0n) is 12.4. The minimum absolute atomic E-state index is 0.147. The third-order valence-corrected chi connectivity index (χ3v) is 4.23. The van der Waals surface area contributed by atoms with Crippen LogP contribution in [-0.2, 0) is 14.4 Å². The predicted molar refractivity (Wildman–Crippen MR) is 75.6 cm³/mol. The highest BCUT2D eigenvalue weighted by atomic mass is 16.4. The van der Waals surface area contributed by atoms with Gasteiger partial charge in [0.25, 0.3) is 5.91 Å². The summed E-state index contributed by atoms with van der Waals surface area (Å²) in [6.45, 7) is 1.99. The Balaban J connectivity index is 2.14. The molecule has 1 aliphatic heterocycles. The van der Waals surface area contributed by atoms with E-state index in [0.717, 1.165) is 17.9 Å². The molecule has 2 rings (SSSR count). The number of amides is 2. The number of nitrogens with zero attached hydrogens (tertiary/aromatic N) is 2. The number of aliphatic carboxylic acids is 1. The summed E-state index contributed by atoms with van der Waals surface area (Å²) < 4.78 is 0. The standard InChI is InChI=1S/C14H21N3O4/c1-9-4-3-7-14(8-9,13(20)21)15-12(19)10-5-6-11(18)17(2)16-10/h9H,3-8H2,1-2H3,(H,15,19)(H,20,21). The van der Waals surface area contributed by atoms with Gasteiger partial charge < -0.3 is 10.4 Å². The predicted octanol–water partition coefficient (Wildman–Crippen LogP) is 0.744. The Bertz CT molecular complexity index is 502. The fraction of sp³-hybridized carbons (Fsp3) is 0.714. The van der Waals surface area contributed by atoms with E-state index in [1.165, 1.54) is 7.05 Å². The van der Waals surface area contributed by atoms with E-state index in [4.69, 9.17) is 0 Å². The van der Waals surface area contributed by atoms with Gasteiger partial charge in [-0.2, -0.15) is 5.10 Å². The van der Waals surface area contributed by atoms with Gasteiger partial charge in [0.1, 0.15) is 11.3 Å². The van der Waals surface area contributed by atoms with Crippen molar-refractivity contribution in [3.8, 4) is 0 Å². The van der Waals surface area contributed by atoms with Crippen LogP contribution in [0.1, 0.15) is 45.4 Å². The van der Waals surface area contributed by atoms with Crippen LogP contribution in [0.15, 0.2) is 5.10 Å². The van der Waals surface area contributed by atoms with Crippen LogP contribution in [-0.4, -0.2) is 46.2 Å². The molecule has 0 bridgehead atoms. The van der Waals surface area contributed by atoms with Gasteiger partial charge in [-0.25, -0.2) is 9.80 Å². The third kappa shape index (κ3) is 3.22. The molecular formula is C14H21N3O4. The summed E-state index contributed by atoms with van der Waals surface area (Å²) in [5, 5.41) is 17.3. The minimum atomic E-state index is -1.21. The molecule has 7 nitrogen and oxygen atoms in total.